The third-order valence-electron chi connectivity index (χ3n) is 5.68. The Labute approximate surface area is 159 Å². The van der Waals surface area contributed by atoms with E-state index in [1.54, 1.807) is 0 Å². The molecule has 2 aliphatic rings. The molecule has 5 heteroatoms. The van der Waals surface area contributed by atoms with E-state index >= 15 is 0 Å². The largest absolute Gasteiger partial charge is 0.481 e. The summed E-state index contributed by atoms with van der Waals surface area (Å²) >= 11 is 0. The van der Waals surface area contributed by atoms with Crippen LogP contribution in [0.2, 0.25) is 0 Å². The van der Waals surface area contributed by atoms with Gasteiger partial charge in [-0.05, 0) is 68.6 Å². The van der Waals surface area contributed by atoms with Crippen molar-refractivity contribution in [3.63, 3.8) is 0 Å². The molecule has 1 N–H and O–H groups in total. The first kappa shape index (κ1) is 17.9. The zero-order chi connectivity index (χ0) is 19.0. The molecule has 2 aromatic rings. The molecule has 2 heterocycles. The number of ether oxygens (including phenoxy) is 2. The number of carbonyl (C=O) groups is 1. The fourth-order valence-corrected chi connectivity index (χ4v) is 4.21. The number of carboxylic acids is 1. The van der Waals surface area contributed by atoms with Crippen LogP contribution >= 0.6 is 0 Å². The minimum absolute atomic E-state index is 0.0786. The molecule has 1 fully saturated rings. The van der Waals surface area contributed by atoms with Gasteiger partial charge in [-0.15, -0.1) is 0 Å². The van der Waals surface area contributed by atoms with Crippen LogP contribution in [0.15, 0.2) is 36.4 Å². The first-order valence-corrected chi connectivity index (χ1v) is 9.46. The van der Waals surface area contributed by atoms with Crippen molar-refractivity contribution >= 4 is 5.97 Å². The van der Waals surface area contributed by atoms with E-state index in [0.717, 1.165) is 30.2 Å². The average Bonchev–Trinajstić information content (AvgIpc) is 3.12. The number of aliphatic carboxylic acids is 1. The second-order valence-electron chi connectivity index (χ2n) is 7.52. The second-order valence-corrected chi connectivity index (χ2v) is 7.52. The lowest BCUT2D eigenvalue weighted by Gasteiger charge is -2.37. The standard InChI is InChI=1S/C22H25NO4/c1-14-3-5-18(15(2)11-14)21(23-9-7-16(8-10-23)22(24)25)17-4-6-19-20(12-17)27-13-26-19/h3-6,11-12,16,21H,7-10,13H2,1-2H3,(H,24,25). The van der Waals surface area contributed by atoms with Gasteiger partial charge in [0, 0.05) is 0 Å². The van der Waals surface area contributed by atoms with Gasteiger partial charge in [-0.3, -0.25) is 9.69 Å². The Morgan fingerprint density at radius 3 is 2.52 bits per heavy atom. The van der Waals surface area contributed by atoms with Crippen LogP contribution in [-0.2, 0) is 4.79 Å². The molecule has 0 aliphatic carbocycles. The van der Waals surface area contributed by atoms with Crippen LogP contribution in [0.4, 0.5) is 0 Å². The van der Waals surface area contributed by atoms with Crippen molar-refractivity contribution in [3.8, 4) is 11.5 Å². The lowest BCUT2D eigenvalue weighted by Crippen LogP contribution is -2.39. The summed E-state index contributed by atoms with van der Waals surface area (Å²) in [6.07, 6.45) is 1.36. The first-order chi connectivity index (χ1) is 13.0. The highest BCUT2D eigenvalue weighted by Crippen LogP contribution is 2.39. The minimum atomic E-state index is -0.680. The number of hydrogen-bond donors (Lipinski definition) is 1. The smallest absolute Gasteiger partial charge is 0.306 e. The Morgan fingerprint density at radius 1 is 1.07 bits per heavy atom. The minimum Gasteiger partial charge on any atom is -0.481 e. The molecule has 27 heavy (non-hydrogen) atoms. The molecule has 1 saturated heterocycles. The number of carboxylic acid groups (broad SMARTS) is 1. The molecule has 0 saturated carbocycles. The van der Waals surface area contributed by atoms with E-state index < -0.39 is 5.97 Å². The predicted molar refractivity (Wildman–Crippen MR) is 102 cm³/mol. The highest BCUT2D eigenvalue weighted by molar-refractivity contribution is 5.70. The fraction of sp³-hybridized carbons (Fsp3) is 0.409. The molecule has 0 spiro atoms. The zero-order valence-corrected chi connectivity index (χ0v) is 15.8. The van der Waals surface area contributed by atoms with E-state index in [4.69, 9.17) is 9.47 Å². The monoisotopic (exact) mass is 367 g/mol. The number of nitrogens with zero attached hydrogens (tertiary/aromatic N) is 1. The molecule has 142 valence electrons. The summed E-state index contributed by atoms with van der Waals surface area (Å²) in [5.41, 5.74) is 4.90. The van der Waals surface area contributed by atoms with E-state index in [2.05, 4.69) is 49.1 Å². The maximum Gasteiger partial charge on any atom is 0.306 e. The van der Waals surface area contributed by atoms with Gasteiger partial charge in [0.05, 0.1) is 12.0 Å². The van der Waals surface area contributed by atoms with Crippen LogP contribution < -0.4 is 9.47 Å². The topological polar surface area (TPSA) is 59.0 Å². The Balaban J connectivity index is 1.70. The molecular weight excluding hydrogens is 342 g/mol. The number of piperidine rings is 1. The number of benzene rings is 2. The van der Waals surface area contributed by atoms with Crippen molar-refractivity contribution in [1.29, 1.82) is 0 Å². The van der Waals surface area contributed by atoms with Gasteiger partial charge in [0.15, 0.2) is 11.5 Å². The second kappa shape index (κ2) is 7.24. The third-order valence-corrected chi connectivity index (χ3v) is 5.68. The first-order valence-electron chi connectivity index (χ1n) is 9.46. The summed E-state index contributed by atoms with van der Waals surface area (Å²) in [4.78, 5) is 13.7. The Hall–Kier alpha value is -2.53. The van der Waals surface area contributed by atoms with Crippen molar-refractivity contribution in [2.45, 2.75) is 32.7 Å². The van der Waals surface area contributed by atoms with E-state index in [1.807, 2.05) is 6.07 Å². The van der Waals surface area contributed by atoms with Gasteiger partial charge >= 0.3 is 5.97 Å². The number of hydrogen-bond acceptors (Lipinski definition) is 4. The van der Waals surface area contributed by atoms with Crippen molar-refractivity contribution in [2.24, 2.45) is 5.92 Å². The average molecular weight is 367 g/mol. The molecule has 0 aromatic heterocycles. The predicted octanol–water partition coefficient (Wildman–Crippen LogP) is 3.92. The van der Waals surface area contributed by atoms with Gasteiger partial charge in [-0.2, -0.15) is 0 Å². The molecule has 5 nitrogen and oxygen atoms in total. The van der Waals surface area contributed by atoms with Crippen LogP contribution in [0, 0.1) is 19.8 Å². The van der Waals surface area contributed by atoms with Gasteiger partial charge in [0.1, 0.15) is 0 Å². The SMILES string of the molecule is Cc1ccc(C(c2ccc3c(c2)OCO3)N2CCC(C(=O)O)CC2)c(C)c1. The molecule has 2 aliphatic heterocycles. The third kappa shape index (κ3) is 3.52. The molecular formula is C22H25NO4. The van der Waals surface area contributed by atoms with Gasteiger partial charge < -0.3 is 14.6 Å². The van der Waals surface area contributed by atoms with E-state index in [1.165, 1.54) is 16.7 Å². The number of likely N-dealkylation sites (tertiary alicyclic amines) is 1. The molecule has 0 radical (unpaired) electrons. The molecule has 1 atom stereocenters. The normalized spacial score (nSPS) is 18.4. The van der Waals surface area contributed by atoms with Crippen LogP contribution in [0.1, 0.15) is 41.1 Å². The van der Waals surface area contributed by atoms with Crippen LogP contribution in [0.5, 0.6) is 11.5 Å². The van der Waals surface area contributed by atoms with E-state index in [9.17, 15) is 9.90 Å². The van der Waals surface area contributed by atoms with Crippen LogP contribution in [0.25, 0.3) is 0 Å². The number of rotatable bonds is 4. The van der Waals surface area contributed by atoms with Crippen molar-refractivity contribution < 1.29 is 19.4 Å². The van der Waals surface area contributed by atoms with Crippen molar-refractivity contribution in [2.75, 3.05) is 19.9 Å². The van der Waals surface area contributed by atoms with Gasteiger partial charge in [0.25, 0.3) is 0 Å². The number of aryl methyl sites for hydroxylation is 2. The van der Waals surface area contributed by atoms with Crippen LogP contribution in [0.3, 0.4) is 0 Å². The highest BCUT2D eigenvalue weighted by Gasteiger charge is 2.31. The lowest BCUT2D eigenvalue weighted by molar-refractivity contribution is -0.143. The number of fused-ring (bicyclic) bond motifs is 1. The van der Waals surface area contributed by atoms with Gasteiger partial charge in [-0.25, -0.2) is 0 Å². The summed E-state index contributed by atoms with van der Waals surface area (Å²) in [5.74, 6) is 0.643. The lowest BCUT2D eigenvalue weighted by atomic mass is 9.89. The Morgan fingerprint density at radius 2 is 1.81 bits per heavy atom. The van der Waals surface area contributed by atoms with Gasteiger partial charge in [-0.1, -0.05) is 29.8 Å². The summed E-state index contributed by atoms with van der Waals surface area (Å²) in [5, 5.41) is 9.33. The van der Waals surface area contributed by atoms with Crippen molar-refractivity contribution in [3.05, 3.63) is 58.7 Å². The Bertz CT molecular complexity index is 855. The molecule has 0 amide bonds. The molecule has 4 rings (SSSR count). The van der Waals surface area contributed by atoms with Crippen molar-refractivity contribution in [1.82, 2.24) is 4.90 Å². The van der Waals surface area contributed by atoms with E-state index in [-0.39, 0.29) is 18.8 Å². The maximum atomic E-state index is 11.3. The fourth-order valence-electron chi connectivity index (χ4n) is 4.21. The molecule has 2 aromatic carbocycles. The Kier molecular flexibility index (Phi) is 4.79. The maximum absolute atomic E-state index is 11.3. The summed E-state index contributed by atoms with van der Waals surface area (Å²) < 4.78 is 11.1. The summed E-state index contributed by atoms with van der Waals surface area (Å²) in [7, 11) is 0. The molecule has 1 unspecified atom stereocenters. The van der Waals surface area contributed by atoms with E-state index in [0.29, 0.717) is 12.8 Å². The van der Waals surface area contributed by atoms with Gasteiger partial charge in [0.2, 0.25) is 6.79 Å². The summed E-state index contributed by atoms with van der Waals surface area (Å²) in [6.45, 7) is 6.04. The quantitative estimate of drug-likeness (QED) is 0.888. The van der Waals surface area contributed by atoms with Crippen LogP contribution in [-0.4, -0.2) is 35.9 Å². The summed E-state index contributed by atoms with van der Waals surface area (Å²) in [6, 6.07) is 12.8. The highest BCUT2D eigenvalue weighted by atomic mass is 16.7. The zero-order valence-electron chi connectivity index (χ0n) is 15.8. The molecule has 0 bridgehead atoms.